The lowest BCUT2D eigenvalue weighted by atomic mass is 10.00. The molecule has 4 rings (SSSR count). The molecule has 1 unspecified atom stereocenters. The summed E-state index contributed by atoms with van der Waals surface area (Å²) in [7, 11) is 1.59. The molecule has 1 aromatic heterocycles. The summed E-state index contributed by atoms with van der Waals surface area (Å²) in [5.41, 5.74) is 1.46. The molecule has 160 valence electrons. The zero-order valence-corrected chi connectivity index (χ0v) is 17.3. The number of aryl methyl sites for hydroxylation is 1. The second-order valence-corrected chi connectivity index (χ2v) is 7.46. The van der Waals surface area contributed by atoms with Gasteiger partial charge in [0.15, 0.2) is 0 Å². The van der Waals surface area contributed by atoms with Crippen molar-refractivity contribution >= 4 is 11.6 Å². The third kappa shape index (κ3) is 4.11. The summed E-state index contributed by atoms with van der Waals surface area (Å²) in [6, 6.07) is 11.5. The Labute approximate surface area is 178 Å². The average molecular weight is 422 g/mol. The Bertz CT molecular complexity index is 1130. The molecule has 0 bridgehead atoms. The van der Waals surface area contributed by atoms with E-state index in [0.29, 0.717) is 36.0 Å². The fraction of sp³-hybridized carbons (Fsp3) is 0.318. The molecule has 0 N–H and O–H groups in total. The number of amides is 1. The molecule has 1 saturated heterocycles. The lowest BCUT2D eigenvalue weighted by Gasteiger charge is -2.33. The molecule has 1 atom stereocenters. The smallest absolute Gasteiger partial charge is 0.273 e. The number of nitrogens with zero attached hydrogens (tertiary/aromatic N) is 4. The van der Waals surface area contributed by atoms with Gasteiger partial charge in [-0.2, -0.15) is 4.98 Å². The average Bonchev–Trinajstić information content (AvgIpc) is 3.29. The van der Waals surface area contributed by atoms with Crippen molar-refractivity contribution in [1.29, 1.82) is 0 Å². The zero-order chi connectivity index (χ0) is 22.0. The molecule has 31 heavy (non-hydrogen) atoms. The first-order valence-electron chi connectivity index (χ1n) is 10.0. The largest absolute Gasteiger partial charge is 0.497 e. The molecule has 3 aromatic rings. The minimum Gasteiger partial charge on any atom is -0.497 e. The molecule has 0 radical (unpaired) electrons. The van der Waals surface area contributed by atoms with E-state index >= 15 is 0 Å². The summed E-state index contributed by atoms with van der Waals surface area (Å²) in [5.74, 6) is 1.17. The van der Waals surface area contributed by atoms with Crippen molar-refractivity contribution in [3.63, 3.8) is 0 Å². The molecule has 2 aromatic carbocycles. The topological polar surface area (TPSA) is 112 Å². The first-order chi connectivity index (χ1) is 15.0. The Kier molecular flexibility index (Phi) is 5.66. The van der Waals surface area contributed by atoms with Crippen molar-refractivity contribution in [2.75, 3.05) is 13.7 Å². The van der Waals surface area contributed by atoms with Gasteiger partial charge < -0.3 is 14.2 Å². The minimum absolute atomic E-state index is 0.0717. The summed E-state index contributed by atoms with van der Waals surface area (Å²) in [5, 5.41) is 15.4. The van der Waals surface area contributed by atoms with Crippen molar-refractivity contribution in [3.05, 3.63) is 69.6 Å². The van der Waals surface area contributed by atoms with Crippen LogP contribution in [-0.4, -0.2) is 39.5 Å². The Morgan fingerprint density at radius 2 is 2.10 bits per heavy atom. The first kappa shape index (κ1) is 20.5. The van der Waals surface area contributed by atoms with E-state index in [1.165, 1.54) is 6.07 Å². The number of hydrogen-bond donors (Lipinski definition) is 0. The number of likely N-dealkylation sites (tertiary alicyclic amines) is 1. The molecule has 2 heterocycles. The Balaban J connectivity index is 1.62. The molecule has 9 heteroatoms. The summed E-state index contributed by atoms with van der Waals surface area (Å²) < 4.78 is 10.8. The summed E-state index contributed by atoms with van der Waals surface area (Å²) in [6.45, 7) is 2.16. The predicted octanol–water partition coefficient (Wildman–Crippen LogP) is 4.33. The number of nitro benzene ring substituents is 1. The quantitative estimate of drug-likeness (QED) is 0.444. The number of carbonyl (C=O) groups excluding carboxylic acids is 1. The normalized spacial score (nSPS) is 16.2. The van der Waals surface area contributed by atoms with Crippen LogP contribution in [0, 0.1) is 17.0 Å². The Morgan fingerprint density at radius 1 is 1.26 bits per heavy atom. The van der Waals surface area contributed by atoms with Gasteiger partial charge in [-0.3, -0.25) is 14.9 Å². The number of ether oxygens (including phenoxy) is 1. The lowest BCUT2D eigenvalue weighted by molar-refractivity contribution is -0.385. The number of carbonyl (C=O) groups is 1. The van der Waals surface area contributed by atoms with E-state index in [2.05, 4.69) is 10.1 Å². The van der Waals surface area contributed by atoms with Crippen LogP contribution in [-0.2, 0) is 0 Å². The predicted molar refractivity (Wildman–Crippen MR) is 112 cm³/mol. The standard InChI is InChI=1S/C22H22N4O5/c1-14-9-10-16(13-19(14)26(28)29)22(27)25-11-4-3-8-18(25)21-23-20(24-31-21)15-6-5-7-17(12-15)30-2/h5-7,9-10,12-13,18H,3-4,8,11H2,1-2H3. The molecular weight excluding hydrogens is 400 g/mol. The van der Waals surface area contributed by atoms with Crippen LogP contribution in [0.5, 0.6) is 5.75 Å². The third-order valence-corrected chi connectivity index (χ3v) is 5.47. The summed E-state index contributed by atoms with van der Waals surface area (Å²) >= 11 is 0. The van der Waals surface area contributed by atoms with Gasteiger partial charge in [-0.25, -0.2) is 0 Å². The van der Waals surface area contributed by atoms with Crippen LogP contribution in [0.15, 0.2) is 47.0 Å². The maximum Gasteiger partial charge on any atom is 0.273 e. The highest BCUT2D eigenvalue weighted by molar-refractivity contribution is 5.95. The molecular formula is C22H22N4O5. The highest BCUT2D eigenvalue weighted by Gasteiger charge is 2.33. The molecule has 1 amide bonds. The van der Waals surface area contributed by atoms with E-state index in [0.717, 1.165) is 18.4 Å². The lowest BCUT2D eigenvalue weighted by Crippen LogP contribution is -2.38. The monoisotopic (exact) mass is 422 g/mol. The van der Waals surface area contributed by atoms with Crippen LogP contribution in [0.4, 0.5) is 5.69 Å². The molecule has 1 fully saturated rings. The van der Waals surface area contributed by atoms with Crippen LogP contribution < -0.4 is 4.74 Å². The number of nitro groups is 1. The SMILES string of the molecule is COc1cccc(-c2noc(C3CCCCN3C(=O)c3ccc(C)c([N+](=O)[O-])c3)n2)c1. The van der Waals surface area contributed by atoms with Crippen LogP contribution in [0.1, 0.15) is 47.1 Å². The first-order valence-corrected chi connectivity index (χ1v) is 10.0. The van der Waals surface area contributed by atoms with Gasteiger partial charge in [-0.1, -0.05) is 23.4 Å². The Morgan fingerprint density at radius 3 is 2.87 bits per heavy atom. The van der Waals surface area contributed by atoms with Crippen LogP contribution in [0.25, 0.3) is 11.4 Å². The molecule has 9 nitrogen and oxygen atoms in total. The van der Waals surface area contributed by atoms with E-state index in [1.807, 2.05) is 24.3 Å². The van der Waals surface area contributed by atoms with Crippen molar-refractivity contribution < 1.29 is 19.0 Å². The highest BCUT2D eigenvalue weighted by Crippen LogP contribution is 2.33. The fourth-order valence-corrected chi connectivity index (χ4v) is 3.79. The Hall–Kier alpha value is -3.75. The fourth-order valence-electron chi connectivity index (χ4n) is 3.79. The van der Waals surface area contributed by atoms with Crippen LogP contribution in [0.3, 0.4) is 0 Å². The van der Waals surface area contributed by atoms with Gasteiger partial charge in [0, 0.05) is 29.3 Å². The van der Waals surface area contributed by atoms with E-state index in [9.17, 15) is 14.9 Å². The van der Waals surface area contributed by atoms with Gasteiger partial charge >= 0.3 is 0 Å². The van der Waals surface area contributed by atoms with E-state index < -0.39 is 4.92 Å². The second kappa shape index (κ2) is 8.55. The van der Waals surface area contributed by atoms with Gasteiger partial charge in [-0.05, 0) is 44.4 Å². The molecule has 0 spiro atoms. The molecule has 0 saturated carbocycles. The third-order valence-electron chi connectivity index (χ3n) is 5.47. The van der Waals surface area contributed by atoms with Gasteiger partial charge in [0.25, 0.3) is 11.6 Å². The van der Waals surface area contributed by atoms with E-state index in [-0.39, 0.29) is 23.2 Å². The number of aromatic nitrogens is 2. The maximum absolute atomic E-state index is 13.2. The summed E-state index contributed by atoms with van der Waals surface area (Å²) in [4.78, 5) is 30.2. The minimum atomic E-state index is -0.474. The number of piperidine rings is 1. The van der Waals surface area contributed by atoms with Crippen molar-refractivity contribution in [3.8, 4) is 17.1 Å². The van der Waals surface area contributed by atoms with Gasteiger partial charge in [0.1, 0.15) is 11.8 Å². The highest BCUT2D eigenvalue weighted by atomic mass is 16.6. The van der Waals surface area contributed by atoms with E-state index in [1.54, 1.807) is 31.1 Å². The summed E-state index contributed by atoms with van der Waals surface area (Å²) in [6.07, 6.45) is 2.44. The van der Waals surface area contributed by atoms with Gasteiger partial charge in [0.2, 0.25) is 11.7 Å². The van der Waals surface area contributed by atoms with Gasteiger partial charge in [-0.15, -0.1) is 0 Å². The second-order valence-electron chi connectivity index (χ2n) is 7.46. The maximum atomic E-state index is 13.2. The van der Waals surface area contributed by atoms with Crippen molar-refractivity contribution in [1.82, 2.24) is 15.0 Å². The van der Waals surface area contributed by atoms with E-state index in [4.69, 9.17) is 9.26 Å². The molecule has 1 aliphatic rings. The molecule has 1 aliphatic heterocycles. The van der Waals surface area contributed by atoms with Gasteiger partial charge in [0.05, 0.1) is 12.0 Å². The van der Waals surface area contributed by atoms with Crippen LogP contribution >= 0.6 is 0 Å². The van der Waals surface area contributed by atoms with Crippen LogP contribution in [0.2, 0.25) is 0 Å². The molecule has 0 aliphatic carbocycles. The number of methoxy groups -OCH3 is 1. The van der Waals surface area contributed by atoms with Crippen molar-refractivity contribution in [2.24, 2.45) is 0 Å². The zero-order valence-electron chi connectivity index (χ0n) is 17.3. The number of rotatable bonds is 5. The number of benzene rings is 2. The van der Waals surface area contributed by atoms with Crippen molar-refractivity contribution in [2.45, 2.75) is 32.2 Å². The number of hydrogen-bond acceptors (Lipinski definition) is 7.